The van der Waals surface area contributed by atoms with Gasteiger partial charge >= 0.3 is 0 Å². The van der Waals surface area contributed by atoms with Crippen LogP contribution in [0.2, 0.25) is 0 Å². The fraction of sp³-hybridized carbons (Fsp3) is 0.810. The summed E-state index contributed by atoms with van der Waals surface area (Å²) in [6, 6.07) is 0. The van der Waals surface area contributed by atoms with E-state index in [0.29, 0.717) is 11.8 Å². The SMILES string of the molecule is CCCCC[C@@H](O)C=C[C@@H]1[C@H]2CC(CCCCCN)=C[C@H]2C[C@H]1O. The van der Waals surface area contributed by atoms with Gasteiger partial charge in [-0.3, -0.25) is 0 Å². The highest BCUT2D eigenvalue weighted by Crippen LogP contribution is 2.48. The first kappa shape index (κ1) is 19.7. The van der Waals surface area contributed by atoms with E-state index in [-0.39, 0.29) is 18.1 Å². The van der Waals surface area contributed by atoms with Crippen molar-refractivity contribution in [2.75, 3.05) is 6.54 Å². The van der Waals surface area contributed by atoms with E-state index in [2.05, 4.69) is 19.1 Å². The number of aliphatic hydroxyl groups is 2. The number of fused-ring (bicyclic) bond motifs is 1. The van der Waals surface area contributed by atoms with E-state index in [1.807, 2.05) is 6.08 Å². The lowest BCUT2D eigenvalue weighted by Gasteiger charge is -2.19. The third-order valence-electron chi connectivity index (χ3n) is 5.81. The maximum atomic E-state index is 10.4. The minimum absolute atomic E-state index is 0.216. The van der Waals surface area contributed by atoms with Crippen molar-refractivity contribution in [3.8, 4) is 0 Å². The lowest BCUT2D eigenvalue weighted by atomic mass is 9.88. The Balaban J connectivity index is 1.79. The molecule has 138 valence electrons. The van der Waals surface area contributed by atoms with E-state index in [1.165, 1.54) is 32.1 Å². The molecule has 2 aliphatic rings. The largest absolute Gasteiger partial charge is 0.392 e. The fourth-order valence-corrected chi connectivity index (χ4v) is 4.42. The minimum Gasteiger partial charge on any atom is -0.392 e. The Morgan fingerprint density at radius 3 is 2.83 bits per heavy atom. The van der Waals surface area contributed by atoms with Crippen LogP contribution < -0.4 is 5.73 Å². The molecule has 0 amide bonds. The van der Waals surface area contributed by atoms with E-state index in [4.69, 9.17) is 5.73 Å². The molecule has 24 heavy (non-hydrogen) atoms. The van der Waals surface area contributed by atoms with Gasteiger partial charge in [0.25, 0.3) is 0 Å². The maximum Gasteiger partial charge on any atom is 0.0721 e. The summed E-state index contributed by atoms with van der Waals surface area (Å²) < 4.78 is 0. The Labute approximate surface area is 148 Å². The van der Waals surface area contributed by atoms with Gasteiger partial charge in [-0.2, -0.15) is 0 Å². The zero-order chi connectivity index (χ0) is 17.4. The second-order valence-corrected chi connectivity index (χ2v) is 7.78. The Kier molecular flexibility index (Phi) is 8.51. The van der Waals surface area contributed by atoms with Crippen LogP contribution >= 0.6 is 0 Å². The molecule has 0 aromatic carbocycles. The minimum atomic E-state index is -0.354. The smallest absolute Gasteiger partial charge is 0.0721 e. The van der Waals surface area contributed by atoms with Gasteiger partial charge in [0.15, 0.2) is 0 Å². The maximum absolute atomic E-state index is 10.4. The van der Waals surface area contributed by atoms with Gasteiger partial charge in [-0.05, 0) is 56.9 Å². The molecule has 0 bridgehead atoms. The van der Waals surface area contributed by atoms with Gasteiger partial charge in [0.2, 0.25) is 0 Å². The van der Waals surface area contributed by atoms with E-state index in [1.54, 1.807) is 5.57 Å². The molecule has 0 spiro atoms. The van der Waals surface area contributed by atoms with Crippen molar-refractivity contribution in [2.45, 2.75) is 83.3 Å². The molecule has 0 aliphatic heterocycles. The Hall–Kier alpha value is -0.640. The molecule has 1 fully saturated rings. The van der Waals surface area contributed by atoms with Crippen LogP contribution in [0.15, 0.2) is 23.8 Å². The summed E-state index contributed by atoms with van der Waals surface area (Å²) >= 11 is 0. The molecule has 0 unspecified atom stereocenters. The number of hydrogen-bond acceptors (Lipinski definition) is 3. The lowest BCUT2D eigenvalue weighted by molar-refractivity contribution is 0.139. The first-order valence-electron chi connectivity index (χ1n) is 10.1. The van der Waals surface area contributed by atoms with Crippen LogP contribution in [0.25, 0.3) is 0 Å². The van der Waals surface area contributed by atoms with Gasteiger partial charge in [0.05, 0.1) is 12.2 Å². The summed E-state index contributed by atoms with van der Waals surface area (Å²) in [5, 5.41) is 20.5. The quantitative estimate of drug-likeness (QED) is 0.396. The highest BCUT2D eigenvalue weighted by atomic mass is 16.3. The van der Waals surface area contributed by atoms with Gasteiger partial charge in [0, 0.05) is 5.92 Å². The number of nitrogens with two attached hydrogens (primary N) is 1. The van der Waals surface area contributed by atoms with E-state index < -0.39 is 0 Å². The van der Waals surface area contributed by atoms with Crippen LogP contribution in [0.4, 0.5) is 0 Å². The second-order valence-electron chi connectivity index (χ2n) is 7.78. The van der Waals surface area contributed by atoms with E-state index in [0.717, 1.165) is 38.6 Å². The van der Waals surface area contributed by atoms with Crippen molar-refractivity contribution in [3.63, 3.8) is 0 Å². The fourth-order valence-electron chi connectivity index (χ4n) is 4.42. The highest BCUT2D eigenvalue weighted by molar-refractivity contribution is 5.20. The van der Waals surface area contributed by atoms with Gasteiger partial charge in [-0.15, -0.1) is 0 Å². The summed E-state index contributed by atoms with van der Waals surface area (Å²) in [6.45, 7) is 2.97. The molecule has 0 heterocycles. The van der Waals surface area contributed by atoms with Gasteiger partial charge in [-0.1, -0.05) is 56.4 Å². The predicted molar refractivity (Wildman–Crippen MR) is 101 cm³/mol. The van der Waals surface area contributed by atoms with Crippen molar-refractivity contribution in [2.24, 2.45) is 23.5 Å². The van der Waals surface area contributed by atoms with E-state index >= 15 is 0 Å². The van der Waals surface area contributed by atoms with Gasteiger partial charge in [0.1, 0.15) is 0 Å². The number of unbranched alkanes of at least 4 members (excludes halogenated alkanes) is 4. The van der Waals surface area contributed by atoms with Crippen molar-refractivity contribution < 1.29 is 10.2 Å². The number of allylic oxidation sites excluding steroid dienone is 2. The molecule has 5 atom stereocenters. The first-order chi connectivity index (χ1) is 11.7. The molecular formula is C21H37NO2. The predicted octanol–water partition coefficient (Wildman–Crippen LogP) is 3.95. The Morgan fingerprint density at radius 2 is 2.08 bits per heavy atom. The average molecular weight is 336 g/mol. The summed E-state index contributed by atoms with van der Waals surface area (Å²) in [5.74, 6) is 1.30. The number of aliphatic hydroxyl groups excluding tert-OH is 2. The highest BCUT2D eigenvalue weighted by Gasteiger charge is 2.43. The van der Waals surface area contributed by atoms with Crippen molar-refractivity contribution in [3.05, 3.63) is 23.8 Å². The van der Waals surface area contributed by atoms with E-state index in [9.17, 15) is 10.2 Å². The van der Waals surface area contributed by atoms with Crippen molar-refractivity contribution in [1.29, 1.82) is 0 Å². The normalized spacial score (nSPS) is 30.8. The number of hydrogen-bond donors (Lipinski definition) is 3. The third kappa shape index (κ3) is 5.72. The van der Waals surface area contributed by atoms with Crippen molar-refractivity contribution in [1.82, 2.24) is 0 Å². The molecule has 0 radical (unpaired) electrons. The van der Waals surface area contributed by atoms with Crippen LogP contribution in [-0.4, -0.2) is 29.0 Å². The van der Waals surface area contributed by atoms with Gasteiger partial charge < -0.3 is 15.9 Å². The monoisotopic (exact) mass is 335 g/mol. The zero-order valence-electron chi connectivity index (χ0n) is 15.4. The topological polar surface area (TPSA) is 66.5 Å². The first-order valence-corrected chi connectivity index (χ1v) is 10.1. The lowest BCUT2D eigenvalue weighted by Crippen LogP contribution is -2.18. The molecular weight excluding hydrogens is 298 g/mol. The second kappa shape index (κ2) is 10.4. The molecule has 1 saturated carbocycles. The average Bonchev–Trinajstić information content (AvgIpc) is 3.06. The van der Waals surface area contributed by atoms with Crippen LogP contribution in [0.1, 0.15) is 71.1 Å². The zero-order valence-corrected chi connectivity index (χ0v) is 15.4. The summed E-state index contributed by atoms with van der Waals surface area (Å²) in [4.78, 5) is 0. The Bertz CT molecular complexity index is 418. The van der Waals surface area contributed by atoms with Crippen LogP contribution in [0.3, 0.4) is 0 Å². The van der Waals surface area contributed by atoms with Crippen LogP contribution in [0.5, 0.6) is 0 Å². The number of rotatable bonds is 11. The molecule has 0 aromatic heterocycles. The Morgan fingerprint density at radius 1 is 1.25 bits per heavy atom. The van der Waals surface area contributed by atoms with Crippen LogP contribution in [-0.2, 0) is 0 Å². The molecule has 3 heteroatoms. The molecule has 2 rings (SSSR count). The molecule has 0 aromatic rings. The standard InChI is InChI=1S/C21H37NO2/c1-2-3-5-9-18(23)10-11-19-20-14-16(8-6-4-7-12-22)13-17(20)15-21(19)24/h10-11,13,17-21,23-24H,2-9,12,14-15,22H2,1H3/t17-,18+,19+,20-,21+/m0/s1. The van der Waals surface area contributed by atoms with Crippen molar-refractivity contribution >= 4 is 0 Å². The van der Waals surface area contributed by atoms with Crippen LogP contribution in [0, 0.1) is 17.8 Å². The summed E-state index contributed by atoms with van der Waals surface area (Å²) in [7, 11) is 0. The summed E-state index contributed by atoms with van der Waals surface area (Å²) in [5.41, 5.74) is 7.14. The molecule has 2 aliphatic carbocycles. The third-order valence-corrected chi connectivity index (χ3v) is 5.81. The summed E-state index contributed by atoms with van der Waals surface area (Å²) in [6.07, 6.45) is 17.0. The molecule has 3 nitrogen and oxygen atoms in total. The molecule has 4 N–H and O–H groups in total. The molecule has 0 saturated heterocycles. The van der Waals surface area contributed by atoms with Gasteiger partial charge in [-0.25, -0.2) is 0 Å².